The molecule has 5 heteroatoms. The number of hydrogen-bond acceptors (Lipinski definition) is 4. The number of nitrogen functional groups attached to an aromatic ring is 1. The summed E-state index contributed by atoms with van der Waals surface area (Å²) in [5.74, 6) is 2.34. The van der Waals surface area contributed by atoms with Gasteiger partial charge in [0.25, 0.3) is 0 Å². The minimum atomic E-state index is 0.540. The van der Waals surface area contributed by atoms with E-state index in [2.05, 4.69) is 10.2 Å². The molecule has 1 aromatic heterocycles. The topological polar surface area (TPSA) is 73.2 Å². The van der Waals surface area contributed by atoms with E-state index in [1.807, 2.05) is 6.07 Å². The van der Waals surface area contributed by atoms with Crippen molar-refractivity contribution in [1.82, 2.24) is 10.2 Å². The molecule has 19 heavy (non-hydrogen) atoms. The molecule has 1 aromatic carbocycles. The first-order chi connectivity index (χ1) is 9.26. The van der Waals surface area contributed by atoms with Gasteiger partial charge in [-0.15, -0.1) is 0 Å². The molecule has 2 aromatic rings. The fraction of sp³-hybridized carbons (Fsp3) is 0.357. The van der Waals surface area contributed by atoms with E-state index in [-0.39, 0.29) is 0 Å². The number of fused-ring (bicyclic) bond motifs is 1. The van der Waals surface area contributed by atoms with E-state index in [1.54, 1.807) is 20.4 Å². The van der Waals surface area contributed by atoms with Crippen LogP contribution >= 0.6 is 0 Å². The van der Waals surface area contributed by atoms with Crippen molar-refractivity contribution in [2.75, 3.05) is 20.0 Å². The lowest BCUT2D eigenvalue weighted by Gasteiger charge is -2.16. The number of rotatable bonds is 3. The summed E-state index contributed by atoms with van der Waals surface area (Å²) in [4.78, 5) is 0. The summed E-state index contributed by atoms with van der Waals surface area (Å²) in [6, 6.07) is 1.99. The van der Waals surface area contributed by atoms with Crippen LogP contribution in [0.25, 0.3) is 11.1 Å². The van der Waals surface area contributed by atoms with E-state index < -0.39 is 0 Å². The molecule has 0 bridgehead atoms. The van der Waals surface area contributed by atoms with Gasteiger partial charge in [0.1, 0.15) is 17.3 Å². The van der Waals surface area contributed by atoms with Crippen LogP contribution in [0.15, 0.2) is 12.3 Å². The van der Waals surface area contributed by atoms with Crippen molar-refractivity contribution in [1.29, 1.82) is 0 Å². The SMILES string of the molecule is COc1cc(-c2cn[nH]c2N)c(OC)c2c1CCC2. The van der Waals surface area contributed by atoms with E-state index in [4.69, 9.17) is 15.2 Å². The molecule has 0 saturated heterocycles. The first-order valence-corrected chi connectivity index (χ1v) is 6.32. The number of aromatic nitrogens is 2. The van der Waals surface area contributed by atoms with Gasteiger partial charge in [-0.05, 0) is 25.3 Å². The van der Waals surface area contributed by atoms with Crippen LogP contribution in [0.3, 0.4) is 0 Å². The van der Waals surface area contributed by atoms with Gasteiger partial charge >= 0.3 is 0 Å². The molecule has 1 aliphatic carbocycles. The Kier molecular flexibility index (Phi) is 2.81. The first-order valence-electron chi connectivity index (χ1n) is 6.32. The van der Waals surface area contributed by atoms with E-state index in [9.17, 15) is 0 Å². The third kappa shape index (κ3) is 1.73. The van der Waals surface area contributed by atoms with Gasteiger partial charge in [0, 0.05) is 22.3 Å². The van der Waals surface area contributed by atoms with Crippen LogP contribution in [0.1, 0.15) is 17.5 Å². The van der Waals surface area contributed by atoms with Crippen molar-refractivity contribution in [3.8, 4) is 22.6 Å². The molecule has 0 unspecified atom stereocenters. The molecule has 0 radical (unpaired) electrons. The predicted molar refractivity (Wildman–Crippen MR) is 73.6 cm³/mol. The zero-order chi connectivity index (χ0) is 13.4. The van der Waals surface area contributed by atoms with Crippen molar-refractivity contribution in [2.24, 2.45) is 0 Å². The fourth-order valence-electron chi connectivity index (χ4n) is 2.84. The van der Waals surface area contributed by atoms with Gasteiger partial charge in [0.2, 0.25) is 0 Å². The molecule has 0 aliphatic heterocycles. The first kappa shape index (κ1) is 11.9. The van der Waals surface area contributed by atoms with E-state index in [0.717, 1.165) is 41.9 Å². The van der Waals surface area contributed by atoms with Gasteiger partial charge in [0.05, 0.1) is 20.4 Å². The van der Waals surface area contributed by atoms with E-state index >= 15 is 0 Å². The molecule has 0 fully saturated rings. The lowest BCUT2D eigenvalue weighted by Crippen LogP contribution is -1.99. The van der Waals surface area contributed by atoms with Gasteiger partial charge in [-0.25, -0.2) is 0 Å². The number of aromatic amines is 1. The highest BCUT2D eigenvalue weighted by Gasteiger charge is 2.25. The van der Waals surface area contributed by atoms with Crippen LogP contribution in [-0.2, 0) is 12.8 Å². The Labute approximate surface area is 111 Å². The fourth-order valence-corrected chi connectivity index (χ4v) is 2.84. The highest BCUT2D eigenvalue weighted by atomic mass is 16.5. The summed E-state index contributed by atoms with van der Waals surface area (Å²) in [5, 5.41) is 6.73. The summed E-state index contributed by atoms with van der Waals surface area (Å²) >= 11 is 0. The van der Waals surface area contributed by atoms with Crippen molar-refractivity contribution in [3.05, 3.63) is 23.4 Å². The zero-order valence-electron chi connectivity index (χ0n) is 11.1. The van der Waals surface area contributed by atoms with Crippen LogP contribution in [0.5, 0.6) is 11.5 Å². The number of nitrogens with two attached hydrogens (primary N) is 1. The Bertz CT molecular complexity index is 619. The average molecular weight is 259 g/mol. The molecule has 0 amide bonds. The molecular formula is C14H17N3O2. The van der Waals surface area contributed by atoms with Crippen molar-refractivity contribution in [2.45, 2.75) is 19.3 Å². The number of hydrogen-bond donors (Lipinski definition) is 2. The zero-order valence-corrected chi connectivity index (χ0v) is 11.1. The van der Waals surface area contributed by atoms with Gasteiger partial charge in [0.15, 0.2) is 0 Å². The standard InChI is InChI=1S/C14H17N3O2/c1-18-12-6-10(11-7-16-17-14(11)15)13(19-2)9-5-3-4-8(9)12/h6-7H,3-5H2,1-2H3,(H3,15,16,17). The lowest BCUT2D eigenvalue weighted by atomic mass is 9.99. The monoisotopic (exact) mass is 259 g/mol. The smallest absolute Gasteiger partial charge is 0.130 e. The van der Waals surface area contributed by atoms with Crippen molar-refractivity contribution >= 4 is 5.82 Å². The molecular weight excluding hydrogens is 242 g/mol. The molecule has 1 heterocycles. The maximum absolute atomic E-state index is 5.92. The Morgan fingerprint density at radius 3 is 2.58 bits per heavy atom. The lowest BCUT2D eigenvalue weighted by molar-refractivity contribution is 0.399. The van der Waals surface area contributed by atoms with Gasteiger partial charge in [-0.2, -0.15) is 5.10 Å². The Hall–Kier alpha value is -2.17. The molecule has 0 spiro atoms. The van der Waals surface area contributed by atoms with Gasteiger partial charge in [-0.1, -0.05) is 0 Å². The Morgan fingerprint density at radius 1 is 1.16 bits per heavy atom. The molecule has 0 saturated carbocycles. The molecule has 1 aliphatic rings. The van der Waals surface area contributed by atoms with Crippen LogP contribution in [0.4, 0.5) is 5.82 Å². The summed E-state index contributed by atoms with van der Waals surface area (Å²) in [6.07, 6.45) is 4.90. The predicted octanol–water partition coefficient (Wildman–Crippen LogP) is 2.16. The normalized spacial score (nSPS) is 13.4. The number of H-pyrrole nitrogens is 1. The van der Waals surface area contributed by atoms with Gasteiger partial charge in [-0.3, -0.25) is 5.10 Å². The number of methoxy groups -OCH3 is 2. The van der Waals surface area contributed by atoms with Crippen LogP contribution < -0.4 is 15.2 Å². The second-order valence-electron chi connectivity index (χ2n) is 4.67. The van der Waals surface area contributed by atoms with Gasteiger partial charge < -0.3 is 15.2 Å². The third-order valence-corrected chi connectivity index (χ3v) is 3.69. The third-order valence-electron chi connectivity index (χ3n) is 3.69. The number of nitrogens with zero attached hydrogens (tertiary/aromatic N) is 1. The van der Waals surface area contributed by atoms with Crippen molar-refractivity contribution < 1.29 is 9.47 Å². The average Bonchev–Trinajstić information content (AvgIpc) is 3.05. The van der Waals surface area contributed by atoms with E-state index in [0.29, 0.717) is 5.82 Å². The van der Waals surface area contributed by atoms with Crippen LogP contribution in [0, 0.1) is 0 Å². The van der Waals surface area contributed by atoms with Crippen LogP contribution in [0.2, 0.25) is 0 Å². The molecule has 3 rings (SSSR count). The maximum Gasteiger partial charge on any atom is 0.130 e. The Balaban J connectivity index is 2.27. The molecule has 5 nitrogen and oxygen atoms in total. The number of nitrogens with one attached hydrogen (secondary N) is 1. The second kappa shape index (κ2) is 4.50. The molecule has 3 N–H and O–H groups in total. The minimum Gasteiger partial charge on any atom is -0.496 e. The quantitative estimate of drug-likeness (QED) is 0.886. The number of benzene rings is 1. The molecule has 0 atom stereocenters. The minimum absolute atomic E-state index is 0.540. The summed E-state index contributed by atoms with van der Waals surface area (Å²) in [6.45, 7) is 0. The van der Waals surface area contributed by atoms with Crippen molar-refractivity contribution in [3.63, 3.8) is 0 Å². The number of ether oxygens (including phenoxy) is 2. The summed E-state index contributed by atoms with van der Waals surface area (Å²) < 4.78 is 11.1. The second-order valence-corrected chi connectivity index (χ2v) is 4.67. The molecule has 100 valence electrons. The summed E-state index contributed by atoms with van der Waals surface area (Å²) in [7, 11) is 3.39. The Morgan fingerprint density at radius 2 is 1.95 bits per heavy atom. The number of anilines is 1. The van der Waals surface area contributed by atoms with E-state index in [1.165, 1.54) is 11.1 Å². The highest BCUT2D eigenvalue weighted by Crippen LogP contribution is 2.44. The maximum atomic E-state index is 5.92. The highest BCUT2D eigenvalue weighted by molar-refractivity contribution is 5.81. The van der Waals surface area contributed by atoms with Crippen LogP contribution in [-0.4, -0.2) is 24.4 Å². The largest absolute Gasteiger partial charge is 0.496 e. The summed E-state index contributed by atoms with van der Waals surface area (Å²) in [5.41, 5.74) is 10.2.